The molecule has 0 aliphatic heterocycles. The van der Waals surface area contributed by atoms with Crippen LogP contribution >= 0.6 is 0 Å². The minimum absolute atomic E-state index is 0.0555. The van der Waals surface area contributed by atoms with Gasteiger partial charge in [0, 0.05) is 17.7 Å². The van der Waals surface area contributed by atoms with Crippen LogP contribution in [0, 0.1) is 0 Å². The van der Waals surface area contributed by atoms with Crippen molar-refractivity contribution < 1.29 is 12.8 Å². The van der Waals surface area contributed by atoms with Crippen LogP contribution in [0.15, 0.2) is 64.0 Å². The van der Waals surface area contributed by atoms with Gasteiger partial charge in [-0.1, -0.05) is 19.1 Å². The third-order valence-corrected chi connectivity index (χ3v) is 5.89. The molecule has 4 aromatic rings. The molecule has 0 fully saturated rings. The lowest BCUT2D eigenvalue weighted by atomic mass is 10.1. The quantitative estimate of drug-likeness (QED) is 0.538. The highest BCUT2D eigenvalue weighted by Crippen LogP contribution is 2.22. The van der Waals surface area contributed by atoms with E-state index in [1.165, 1.54) is 0 Å². The number of oxazole rings is 1. The predicted octanol–water partition coefficient (Wildman–Crippen LogP) is 4.34. The van der Waals surface area contributed by atoms with Crippen LogP contribution < -0.4 is 0 Å². The molecule has 0 aliphatic carbocycles. The molecule has 0 bridgehead atoms. The van der Waals surface area contributed by atoms with E-state index >= 15 is 0 Å². The van der Waals surface area contributed by atoms with Crippen LogP contribution in [0.25, 0.3) is 34.2 Å². The van der Waals surface area contributed by atoms with Gasteiger partial charge in [0.1, 0.15) is 5.52 Å². The highest BCUT2D eigenvalue weighted by molar-refractivity contribution is 7.91. The highest BCUT2D eigenvalue weighted by Gasteiger charge is 2.14. The number of sulfone groups is 1. The van der Waals surface area contributed by atoms with Crippen molar-refractivity contribution >= 4 is 44.0 Å². The number of nitrogens with zero attached hydrogens (tertiary/aromatic N) is 2. The van der Waals surface area contributed by atoms with Gasteiger partial charge in [0.15, 0.2) is 15.4 Å². The molecule has 0 saturated heterocycles. The molecule has 6 heteroatoms. The second-order valence-electron chi connectivity index (χ2n) is 5.87. The zero-order valence-corrected chi connectivity index (χ0v) is 14.9. The van der Waals surface area contributed by atoms with Crippen LogP contribution in [-0.2, 0) is 9.84 Å². The fraction of sp³-hybridized carbons (Fsp3) is 0.100. The Kier molecular flexibility index (Phi) is 4.05. The van der Waals surface area contributed by atoms with E-state index in [9.17, 15) is 8.42 Å². The molecule has 0 atom stereocenters. The van der Waals surface area contributed by atoms with E-state index < -0.39 is 9.84 Å². The van der Waals surface area contributed by atoms with Gasteiger partial charge in [-0.05, 0) is 48.0 Å². The number of rotatable bonds is 4. The Hall–Kier alpha value is -2.99. The van der Waals surface area contributed by atoms with E-state index in [0.717, 1.165) is 16.5 Å². The maximum atomic E-state index is 12.0. The fourth-order valence-electron chi connectivity index (χ4n) is 2.72. The summed E-state index contributed by atoms with van der Waals surface area (Å²) in [6, 6.07) is 14.6. The van der Waals surface area contributed by atoms with Crippen molar-refractivity contribution in [3.8, 4) is 0 Å². The average Bonchev–Trinajstić information content (AvgIpc) is 3.08. The van der Waals surface area contributed by atoms with Gasteiger partial charge in [-0.3, -0.25) is 4.98 Å². The van der Waals surface area contributed by atoms with Crippen molar-refractivity contribution in [2.45, 2.75) is 11.8 Å². The maximum Gasteiger partial charge on any atom is 0.220 e. The lowest BCUT2D eigenvalue weighted by Gasteiger charge is -1.99. The van der Waals surface area contributed by atoms with E-state index in [0.29, 0.717) is 17.0 Å². The molecule has 0 unspecified atom stereocenters. The Labute approximate surface area is 150 Å². The van der Waals surface area contributed by atoms with E-state index in [1.54, 1.807) is 37.4 Å². The van der Waals surface area contributed by atoms with Crippen molar-refractivity contribution in [2.75, 3.05) is 5.75 Å². The molecule has 2 aromatic heterocycles. The summed E-state index contributed by atoms with van der Waals surface area (Å²) < 4.78 is 29.7. The smallest absolute Gasteiger partial charge is 0.220 e. The van der Waals surface area contributed by atoms with Crippen LogP contribution in [0.3, 0.4) is 0 Å². The number of benzene rings is 2. The summed E-state index contributed by atoms with van der Waals surface area (Å²) in [4.78, 5) is 8.93. The van der Waals surface area contributed by atoms with Gasteiger partial charge in [-0.2, -0.15) is 0 Å². The normalized spacial score (nSPS) is 12.3. The summed E-state index contributed by atoms with van der Waals surface area (Å²) in [5.74, 6) is 0.484. The van der Waals surface area contributed by atoms with Crippen molar-refractivity contribution in [3.05, 3.63) is 66.2 Å². The minimum atomic E-state index is -3.26. The molecule has 130 valence electrons. The molecular formula is C20H16N2O3S. The second kappa shape index (κ2) is 6.38. The van der Waals surface area contributed by atoms with Crippen LogP contribution in [0.4, 0.5) is 0 Å². The first kappa shape index (κ1) is 16.5. The van der Waals surface area contributed by atoms with Crippen molar-refractivity contribution in [2.24, 2.45) is 0 Å². The summed E-state index contributed by atoms with van der Waals surface area (Å²) in [5.41, 5.74) is 3.03. The lowest BCUT2D eigenvalue weighted by molar-refractivity contribution is 0.589. The summed E-state index contributed by atoms with van der Waals surface area (Å²) in [6.07, 6.45) is 5.44. The molecule has 0 saturated carbocycles. The first-order valence-electron chi connectivity index (χ1n) is 8.21. The van der Waals surface area contributed by atoms with Gasteiger partial charge in [0.05, 0.1) is 16.2 Å². The third kappa shape index (κ3) is 3.11. The van der Waals surface area contributed by atoms with Crippen molar-refractivity contribution in [1.29, 1.82) is 0 Å². The third-order valence-electron chi connectivity index (χ3n) is 4.16. The number of pyridine rings is 1. The number of fused-ring (bicyclic) bond motifs is 2. The van der Waals surface area contributed by atoms with Crippen LogP contribution in [0.5, 0.6) is 0 Å². The average molecular weight is 364 g/mol. The topological polar surface area (TPSA) is 73.1 Å². The SMILES string of the molecule is CCS(=O)(=O)c1ccc2oc(C=Cc3ccc4ncccc4c3)nc2c1. The number of hydrogen-bond donors (Lipinski definition) is 0. The van der Waals surface area contributed by atoms with Gasteiger partial charge in [-0.15, -0.1) is 0 Å². The van der Waals surface area contributed by atoms with E-state index in [1.807, 2.05) is 36.4 Å². The summed E-state index contributed by atoms with van der Waals surface area (Å²) in [6.45, 7) is 1.62. The summed E-state index contributed by atoms with van der Waals surface area (Å²) in [7, 11) is -3.26. The maximum absolute atomic E-state index is 12.0. The Morgan fingerprint density at radius 2 is 1.92 bits per heavy atom. The zero-order valence-electron chi connectivity index (χ0n) is 14.1. The molecule has 0 spiro atoms. The van der Waals surface area contributed by atoms with Gasteiger partial charge in [-0.25, -0.2) is 13.4 Å². The number of hydrogen-bond acceptors (Lipinski definition) is 5. The van der Waals surface area contributed by atoms with Crippen molar-refractivity contribution in [3.63, 3.8) is 0 Å². The van der Waals surface area contributed by atoms with Crippen LogP contribution in [-0.4, -0.2) is 24.1 Å². The molecule has 0 aliphatic rings. The fourth-order valence-corrected chi connectivity index (χ4v) is 3.62. The monoisotopic (exact) mass is 364 g/mol. The summed E-state index contributed by atoms with van der Waals surface area (Å²) in [5, 5.41) is 1.06. The molecular weight excluding hydrogens is 348 g/mol. The van der Waals surface area contributed by atoms with Gasteiger partial charge in [0.2, 0.25) is 5.89 Å². The van der Waals surface area contributed by atoms with Gasteiger partial charge in [0.25, 0.3) is 0 Å². The Morgan fingerprint density at radius 1 is 1.04 bits per heavy atom. The van der Waals surface area contributed by atoms with Crippen LogP contribution in [0.2, 0.25) is 0 Å². The standard InChI is InChI=1S/C20H16N2O3S/c1-2-26(23,24)16-7-9-19-18(13-16)22-20(25-19)10-6-14-5-8-17-15(12-14)4-3-11-21-17/h3-13H,2H2,1H3. The highest BCUT2D eigenvalue weighted by atomic mass is 32.2. The van der Waals surface area contributed by atoms with E-state index in [2.05, 4.69) is 9.97 Å². The Bertz CT molecular complexity index is 1240. The molecule has 0 N–H and O–H groups in total. The molecule has 4 rings (SSSR count). The lowest BCUT2D eigenvalue weighted by Crippen LogP contribution is -2.03. The van der Waals surface area contributed by atoms with Gasteiger partial charge >= 0.3 is 0 Å². The van der Waals surface area contributed by atoms with E-state index in [4.69, 9.17) is 4.42 Å². The predicted molar refractivity (Wildman–Crippen MR) is 102 cm³/mol. The molecule has 2 heterocycles. The number of aromatic nitrogens is 2. The van der Waals surface area contributed by atoms with E-state index in [-0.39, 0.29) is 10.6 Å². The largest absolute Gasteiger partial charge is 0.437 e. The summed E-state index contributed by atoms with van der Waals surface area (Å²) >= 11 is 0. The molecule has 2 aromatic carbocycles. The Morgan fingerprint density at radius 3 is 2.77 bits per heavy atom. The molecule has 5 nitrogen and oxygen atoms in total. The Balaban J connectivity index is 1.66. The van der Waals surface area contributed by atoms with Crippen LogP contribution in [0.1, 0.15) is 18.4 Å². The van der Waals surface area contributed by atoms with Gasteiger partial charge < -0.3 is 4.42 Å². The second-order valence-corrected chi connectivity index (χ2v) is 8.15. The first-order valence-corrected chi connectivity index (χ1v) is 9.86. The molecule has 0 amide bonds. The zero-order chi connectivity index (χ0) is 18.1. The first-order chi connectivity index (χ1) is 12.5. The molecule has 26 heavy (non-hydrogen) atoms. The minimum Gasteiger partial charge on any atom is -0.437 e. The van der Waals surface area contributed by atoms with Crippen molar-refractivity contribution in [1.82, 2.24) is 9.97 Å². The molecule has 0 radical (unpaired) electrons.